The van der Waals surface area contributed by atoms with Gasteiger partial charge < -0.3 is 10.5 Å². The van der Waals surface area contributed by atoms with Crippen molar-refractivity contribution in [3.8, 4) is 5.75 Å². The second-order valence-electron chi connectivity index (χ2n) is 2.55. The summed E-state index contributed by atoms with van der Waals surface area (Å²) in [5.74, 6) is -0.481. The van der Waals surface area contributed by atoms with E-state index in [1.165, 1.54) is 0 Å². The van der Waals surface area contributed by atoms with E-state index in [1.807, 2.05) is 0 Å². The van der Waals surface area contributed by atoms with Crippen molar-refractivity contribution in [3.05, 3.63) is 22.2 Å². The summed E-state index contributed by atoms with van der Waals surface area (Å²) in [5, 5.41) is 0. The number of halogens is 4. The molecule has 0 heterocycles. The normalized spacial score (nSPS) is 11.2. The molecule has 7 heteroatoms. The van der Waals surface area contributed by atoms with Crippen LogP contribution in [0.2, 0.25) is 0 Å². The lowest BCUT2D eigenvalue weighted by molar-refractivity contribution is -0.274. The number of nitrogens with two attached hydrogens (primary N) is 1. The maximum Gasteiger partial charge on any atom is 0.573 e. The standard InChI is InChI=1S/C8H5BrF3NO2/c9-6-5(15-8(10,11)12)2-1-4(3-14)7(6)13/h1-3H,13H2. The van der Waals surface area contributed by atoms with Crippen molar-refractivity contribution < 1.29 is 22.7 Å². The highest BCUT2D eigenvalue weighted by molar-refractivity contribution is 9.10. The van der Waals surface area contributed by atoms with Crippen LogP contribution < -0.4 is 10.5 Å². The number of hydrogen-bond acceptors (Lipinski definition) is 3. The molecule has 0 radical (unpaired) electrons. The minimum absolute atomic E-state index is 0.0910. The predicted molar refractivity (Wildman–Crippen MR) is 50.6 cm³/mol. The maximum atomic E-state index is 11.9. The molecule has 0 atom stereocenters. The molecule has 0 fully saturated rings. The Labute approximate surface area is 91.1 Å². The van der Waals surface area contributed by atoms with Gasteiger partial charge in [-0.1, -0.05) is 0 Å². The molecule has 0 bridgehead atoms. The topological polar surface area (TPSA) is 52.3 Å². The lowest BCUT2D eigenvalue weighted by Gasteiger charge is -2.12. The molecule has 0 aliphatic carbocycles. The predicted octanol–water partition coefficient (Wildman–Crippen LogP) is 2.74. The number of aldehydes is 1. The molecule has 15 heavy (non-hydrogen) atoms. The maximum absolute atomic E-state index is 11.9. The molecule has 1 rings (SSSR count). The smallest absolute Gasteiger partial charge is 0.405 e. The first kappa shape index (κ1) is 11.8. The van der Waals surface area contributed by atoms with Gasteiger partial charge in [0.15, 0.2) is 6.29 Å². The lowest BCUT2D eigenvalue weighted by Crippen LogP contribution is -2.17. The van der Waals surface area contributed by atoms with Crippen LogP contribution in [-0.2, 0) is 0 Å². The molecule has 1 aromatic carbocycles. The van der Waals surface area contributed by atoms with Crippen molar-refractivity contribution in [2.45, 2.75) is 6.36 Å². The minimum Gasteiger partial charge on any atom is -0.405 e. The highest BCUT2D eigenvalue weighted by Crippen LogP contribution is 2.35. The zero-order valence-electron chi connectivity index (χ0n) is 7.14. The van der Waals surface area contributed by atoms with Crippen molar-refractivity contribution in [3.63, 3.8) is 0 Å². The SMILES string of the molecule is Nc1c(C=O)ccc(OC(F)(F)F)c1Br. The Morgan fingerprint density at radius 2 is 2.00 bits per heavy atom. The Morgan fingerprint density at radius 1 is 1.40 bits per heavy atom. The van der Waals surface area contributed by atoms with E-state index < -0.39 is 12.1 Å². The summed E-state index contributed by atoms with van der Waals surface area (Å²) in [5.41, 5.74) is 5.39. The third-order valence-corrected chi connectivity index (χ3v) is 2.35. The molecule has 0 aromatic heterocycles. The number of nitrogen functional groups attached to an aromatic ring is 1. The third kappa shape index (κ3) is 2.85. The van der Waals surface area contributed by atoms with Gasteiger partial charge in [-0.15, -0.1) is 13.2 Å². The van der Waals surface area contributed by atoms with E-state index in [0.717, 1.165) is 12.1 Å². The molecule has 0 amide bonds. The Hall–Kier alpha value is -1.24. The van der Waals surface area contributed by atoms with Crippen molar-refractivity contribution in [2.24, 2.45) is 0 Å². The van der Waals surface area contributed by atoms with Gasteiger partial charge in [-0.3, -0.25) is 4.79 Å². The second kappa shape index (κ2) is 4.09. The molecule has 0 aliphatic rings. The van der Waals surface area contributed by atoms with Crippen molar-refractivity contribution in [1.82, 2.24) is 0 Å². The van der Waals surface area contributed by atoms with E-state index in [0.29, 0.717) is 6.29 Å². The number of rotatable bonds is 2. The molecule has 0 spiro atoms. The fraction of sp³-hybridized carbons (Fsp3) is 0.125. The summed E-state index contributed by atoms with van der Waals surface area (Å²) in [6.45, 7) is 0. The highest BCUT2D eigenvalue weighted by Gasteiger charge is 2.32. The number of ether oxygens (including phenoxy) is 1. The van der Waals surface area contributed by atoms with E-state index in [-0.39, 0.29) is 15.7 Å². The monoisotopic (exact) mass is 283 g/mol. The van der Waals surface area contributed by atoms with Crippen LogP contribution in [0.4, 0.5) is 18.9 Å². The average molecular weight is 284 g/mol. The van der Waals surface area contributed by atoms with Gasteiger partial charge in [-0.05, 0) is 28.1 Å². The van der Waals surface area contributed by atoms with Crippen LogP contribution in [0.25, 0.3) is 0 Å². The van der Waals surface area contributed by atoms with Crippen molar-refractivity contribution >= 4 is 27.9 Å². The molecule has 0 saturated carbocycles. The van der Waals surface area contributed by atoms with Gasteiger partial charge in [-0.25, -0.2) is 0 Å². The highest BCUT2D eigenvalue weighted by atomic mass is 79.9. The second-order valence-corrected chi connectivity index (χ2v) is 3.34. The zero-order chi connectivity index (χ0) is 11.6. The zero-order valence-corrected chi connectivity index (χ0v) is 8.72. The van der Waals surface area contributed by atoms with Crippen LogP contribution in [0.1, 0.15) is 10.4 Å². The largest absolute Gasteiger partial charge is 0.573 e. The van der Waals surface area contributed by atoms with Crippen molar-refractivity contribution in [1.29, 1.82) is 0 Å². The first-order valence-electron chi connectivity index (χ1n) is 3.64. The summed E-state index contributed by atoms with van der Waals surface area (Å²) in [6, 6.07) is 2.16. The summed E-state index contributed by atoms with van der Waals surface area (Å²) < 4.78 is 39.2. The van der Waals surface area contributed by atoms with Crippen LogP contribution in [0.5, 0.6) is 5.75 Å². The molecule has 82 valence electrons. The average Bonchev–Trinajstić information content (AvgIpc) is 2.11. The fourth-order valence-electron chi connectivity index (χ4n) is 0.894. The molecule has 0 unspecified atom stereocenters. The summed E-state index contributed by atoms with van der Waals surface area (Å²) >= 11 is 2.82. The van der Waals surface area contributed by atoms with Crippen LogP contribution in [-0.4, -0.2) is 12.6 Å². The Morgan fingerprint density at radius 3 is 2.47 bits per heavy atom. The van der Waals surface area contributed by atoms with Gasteiger partial charge in [0, 0.05) is 5.56 Å². The molecule has 3 nitrogen and oxygen atoms in total. The molecular formula is C8H5BrF3NO2. The third-order valence-electron chi connectivity index (χ3n) is 1.53. The minimum atomic E-state index is -4.79. The van der Waals surface area contributed by atoms with Crippen molar-refractivity contribution in [2.75, 3.05) is 5.73 Å². The first-order chi connectivity index (χ1) is 6.85. The Bertz CT molecular complexity index is 392. The molecular weight excluding hydrogens is 279 g/mol. The number of anilines is 1. The fourth-order valence-corrected chi connectivity index (χ4v) is 1.34. The number of carbonyl (C=O) groups excluding carboxylic acids is 1. The molecule has 0 saturated heterocycles. The van der Waals surface area contributed by atoms with Crippen LogP contribution in [0.3, 0.4) is 0 Å². The van der Waals surface area contributed by atoms with Gasteiger partial charge in [0.2, 0.25) is 0 Å². The number of alkyl halides is 3. The molecule has 2 N–H and O–H groups in total. The van der Waals surface area contributed by atoms with E-state index in [4.69, 9.17) is 5.73 Å². The lowest BCUT2D eigenvalue weighted by atomic mass is 10.2. The van der Waals surface area contributed by atoms with Crippen LogP contribution >= 0.6 is 15.9 Å². The molecule has 1 aromatic rings. The van der Waals surface area contributed by atoms with Crippen LogP contribution in [0.15, 0.2) is 16.6 Å². The summed E-state index contributed by atoms with van der Waals surface area (Å²) in [6.07, 6.45) is -4.35. The first-order valence-corrected chi connectivity index (χ1v) is 4.43. The molecule has 0 aliphatic heterocycles. The summed E-state index contributed by atoms with van der Waals surface area (Å²) in [7, 11) is 0. The van der Waals surface area contributed by atoms with E-state index in [1.54, 1.807) is 0 Å². The number of benzene rings is 1. The van der Waals surface area contributed by atoms with Gasteiger partial charge in [0.25, 0.3) is 0 Å². The van der Waals surface area contributed by atoms with E-state index >= 15 is 0 Å². The summed E-state index contributed by atoms with van der Waals surface area (Å²) in [4.78, 5) is 10.4. The van der Waals surface area contributed by atoms with Gasteiger partial charge in [0.1, 0.15) is 5.75 Å². The van der Waals surface area contributed by atoms with E-state index in [9.17, 15) is 18.0 Å². The van der Waals surface area contributed by atoms with Gasteiger partial charge in [0.05, 0.1) is 10.2 Å². The number of hydrogen-bond donors (Lipinski definition) is 1. The van der Waals surface area contributed by atoms with E-state index in [2.05, 4.69) is 20.7 Å². The van der Waals surface area contributed by atoms with Gasteiger partial charge >= 0.3 is 6.36 Å². The van der Waals surface area contributed by atoms with Gasteiger partial charge in [-0.2, -0.15) is 0 Å². The Kier molecular flexibility index (Phi) is 3.23. The Balaban J connectivity index is 3.12. The quantitative estimate of drug-likeness (QED) is 0.671. The number of carbonyl (C=O) groups is 1. The van der Waals surface area contributed by atoms with Crippen LogP contribution in [0, 0.1) is 0 Å².